The van der Waals surface area contributed by atoms with E-state index in [2.05, 4.69) is 10.3 Å². The number of nitrogens with zero attached hydrogens (tertiary/aromatic N) is 3. The zero-order valence-corrected chi connectivity index (χ0v) is 18.7. The SMILES string of the molecule is CN(C)Cc1ccc(CSCCNC(C[N+](=O)[O-])=NCC(O)c2ccc(Cl)cc2)o1. The second-order valence-corrected chi connectivity index (χ2v) is 8.47. The molecule has 1 aromatic carbocycles. The molecule has 30 heavy (non-hydrogen) atoms. The summed E-state index contributed by atoms with van der Waals surface area (Å²) >= 11 is 7.51. The smallest absolute Gasteiger partial charge is 0.259 e. The monoisotopic (exact) mass is 454 g/mol. The molecule has 0 saturated carbocycles. The van der Waals surface area contributed by atoms with Gasteiger partial charge < -0.3 is 19.7 Å². The summed E-state index contributed by atoms with van der Waals surface area (Å²) in [6.07, 6.45) is -0.851. The van der Waals surface area contributed by atoms with E-state index in [1.807, 2.05) is 31.1 Å². The third kappa shape index (κ3) is 9.17. The van der Waals surface area contributed by atoms with Crippen LogP contribution in [0.3, 0.4) is 0 Å². The second-order valence-electron chi connectivity index (χ2n) is 6.93. The number of aliphatic hydroxyl groups excluding tert-OH is 1. The number of rotatable bonds is 12. The van der Waals surface area contributed by atoms with Gasteiger partial charge in [0, 0.05) is 22.2 Å². The van der Waals surface area contributed by atoms with Gasteiger partial charge in [0.2, 0.25) is 0 Å². The molecular formula is C20H27ClN4O4S. The second kappa shape index (κ2) is 12.6. The summed E-state index contributed by atoms with van der Waals surface area (Å²) in [5.74, 6) is 3.54. The van der Waals surface area contributed by atoms with E-state index in [0.29, 0.717) is 17.1 Å². The molecule has 1 unspecified atom stereocenters. The van der Waals surface area contributed by atoms with E-state index in [-0.39, 0.29) is 12.4 Å². The third-order valence-electron chi connectivity index (χ3n) is 4.00. The Morgan fingerprint density at radius 2 is 2.00 bits per heavy atom. The Morgan fingerprint density at radius 1 is 1.30 bits per heavy atom. The van der Waals surface area contributed by atoms with Gasteiger partial charge in [0.05, 0.1) is 24.9 Å². The van der Waals surface area contributed by atoms with Crippen LogP contribution in [0.5, 0.6) is 0 Å². The van der Waals surface area contributed by atoms with E-state index < -0.39 is 17.6 Å². The van der Waals surface area contributed by atoms with Crippen LogP contribution in [0.2, 0.25) is 5.02 Å². The molecular weight excluding hydrogens is 428 g/mol. The normalized spacial score (nSPS) is 12.9. The van der Waals surface area contributed by atoms with Gasteiger partial charge in [0.25, 0.3) is 6.54 Å². The zero-order valence-electron chi connectivity index (χ0n) is 17.1. The molecule has 10 heteroatoms. The van der Waals surface area contributed by atoms with Crippen molar-refractivity contribution in [3.63, 3.8) is 0 Å². The lowest BCUT2D eigenvalue weighted by Gasteiger charge is -2.10. The van der Waals surface area contributed by atoms with Crippen LogP contribution in [-0.2, 0) is 12.3 Å². The molecule has 164 valence electrons. The van der Waals surface area contributed by atoms with Gasteiger partial charge in [-0.2, -0.15) is 11.8 Å². The van der Waals surface area contributed by atoms with Crippen molar-refractivity contribution in [2.75, 3.05) is 39.5 Å². The quantitative estimate of drug-likeness (QED) is 0.167. The fourth-order valence-corrected chi connectivity index (χ4v) is 3.48. The first-order chi connectivity index (χ1) is 14.3. The maximum Gasteiger partial charge on any atom is 0.259 e. The predicted octanol–water partition coefficient (Wildman–Crippen LogP) is 3.23. The van der Waals surface area contributed by atoms with Crippen molar-refractivity contribution in [3.8, 4) is 0 Å². The van der Waals surface area contributed by atoms with Crippen molar-refractivity contribution in [2.45, 2.75) is 18.4 Å². The Bertz CT molecular complexity index is 826. The Labute approximate surface area is 185 Å². The number of hydrogen-bond acceptors (Lipinski definition) is 7. The molecule has 0 amide bonds. The van der Waals surface area contributed by atoms with E-state index in [1.54, 1.807) is 36.0 Å². The maximum absolute atomic E-state index is 10.9. The minimum Gasteiger partial charge on any atom is -0.464 e. The summed E-state index contributed by atoms with van der Waals surface area (Å²) < 4.78 is 5.76. The molecule has 0 bridgehead atoms. The molecule has 8 nitrogen and oxygen atoms in total. The highest BCUT2D eigenvalue weighted by Crippen LogP contribution is 2.17. The fraction of sp³-hybridized carbons (Fsp3) is 0.450. The summed E-state index contributed by atoms with van der Waals surface area (Å²) in [5, 5.41) is 24.7. The first-order valence-corrected chi connectivity index (χ1v) is 11.0. The average molecular weight is 455 g/mol. The molecule has 0 aliphatic carbocycles. The third-order valence-corrected chi connectivity index (χ3v) is 5.23. The van der Waals surface area contributed by atoms with Crippen molar-refractivity contribution >= 4 is 29.2 Å². The van der Waals surface area contributed by atoms with Crippen LogP contribution in [0.25, 0.3) is 0 Å². The fourth-order valence-electron chi connectivity index (χ4n) is 2.61. The summed E-state index contributed by atoms with van der Waals surface area (Å²) in [6.45, 7) is 0.907. The Balaban J connectivity index is 1.77. The Morgan fingerprint density at radius 3 is 2.67 bits per heavy atom. The lowest BCUT2D eigenvalue weighted by molar-refractivity contribution is -0.463. The molecule has 1 atom stereocenters. The molecule has 0 aliphatic rings. The van der Waals surface area contributed by atoms with Crippen LogP contribution in [0.1, 0.15) is 23.2 Å². The van der Waals surface area contributed by atoms with Crippen molar-refractivity contribution in [2.24, 2.45) is 4.99 Å². The lowest BCUT2D eigenvalue weighted by Crippen LogP contribution is -2.32. The summed E-state index contributed by atoms with van der Waals surface area (Å²) in [7, 11) is 3.97. The first kappa shape index (κ1) is 24.2. The van der Waals surface area contributed by atoms with Gasteiger partial charge in [-0.25, -0.2) is 0 Å². The summed E-state index contributed by atoms with van der Waals surface area (Å²) in [4.78, 5) is 16.7. The molecule has 2 aromatic rings. The van der Waals surface area contributed by atoms with Gasteiger partial charge in [-0.1, -0.05) is 23.7 Å². The minimum absolute atomic E-state index is 0.0337. The lowest BCUT2D eigenvalue weighted by atomic mass is 10.1. The highest BCUT2D eigenvalue weighted by Gasteiger charge is 2.11. The molecule has 1 heterocycles. The number of furan rings is 1. The number of aliphatic imine (C=N–C) groups is 1. The molecule has 2 N–H and O–H groups in total. The maximum atomic E-state index is 10.9. The van der Waals surface area contributed by atoms with E-state index in [4.69, 9.17) is 16.0 Å². The Hall–Kier alpha value is -2.07. The highest BCUT2D eigenvalue weighted by atomic mass is 35.5. The number of hydrogen-bond donors (Lipinski definition) is 2. The number of halogens is 1. The van der Waals surface area contributed by atoms with Gasteiger partial charge in [0.15, 0.2) is 5.84 Å². The number of nitro groups is 1. The topological polar surface area (TPSA) is 104 Å². The van der Waals surface area contributed by atoms with Crippen molar-refractivity contribution in [3.05, 3.63) is 68.6 Å². The van der Waals surface area contributed by atoms with Crippen LogP contribution in [0.4, 0.5) is 0 Å². The van der Waals surface area contributed by atoms with Crippen LogP contribution < -0.4 is 5.32 Å². The molecule has 0 aliphatic heterocycles. The largest absolute Gasteiger partial charge is 0.464 e. The first-order valence-electron chi connectivity index (χ1n) is 9.46. The van der Waals surface area contributed by atoms with Crippen LogP contribution >= 0.6 is 23.4 Å². The van der Waals surface area contributed by atoms with Gasteiger partial charge in [0.1, 0.15) is 11.5 Å². The van der Waals surface area contributed by atoms with E-state index in [0.717, 1.165) is 29.6 Å². The average Bonchev–Trinajstić information content (AvgIpc) is 3.12. The molecule has 0 fully saturated rings. The van der Waals surface area contributed by atoms with Gasteiger partial charge >= 0.3 is 0 Å². The van der Waals surface area contributed by atoms with Crippen molar-refractivity contribution in [1.29, 1.82) is 0 Å². The molecule has 0 saturated heterocycles. The van der Waals surface area contributed by atoms with Crippen LogP contribution in [0, 0.1) is 10.1 Å². The predicted molar refractivity (Wildman–Crippen MR) is 121 cm³/mol. The minimum atomic E-state index is -0.851. The van der Waals surface area contributed by atoms with Gasteiger partial charge in [-0.05, 0) is 43.9 Å². The summed E-state index contributed by atoms with van der Waals surface area (Å²) in [5.41, 5.74) is 0.659. The number of thioether (sulfide) groups is 1. The van der Waals surface area contributed by atoms with E-state index in [9.17, 15) is 15.2 Å². The number of amidine groups is 1. The van der Waals surface area contributed by atoms with E-state index >= 15 is 0 Å². The molecule has 0 spiro atoms. The zero-order chi connectivity index (χ0) is 21.9. The standard InChI is InChI=1S/C20H27ClN4O4S/c1-24(2)12-17-7-8-18(29-17)14-30-10-9-22-20(13-25(27)28)23-11-19(26)15-3-5-16(21)6-4-15/h3-8,19,26H,9-14H2,1-2H3,(H,22,23). The van der Waals surface area contributed by atoms with E-state index in [1.165, 1.54) is 0 Å². The van der Waals surface area contributed by atoms with Gasteiger partial charge in [-0.3, -0.25) is 15.1 Å². The van der Waals surface area contributed by atoms with Crippen molar-refractivity contribution in [1.82, 2.24) is 10.2 Å². The molecule has 2 rings (SSSR count). The highest BCUT2D eigenvalue weighted by molar-refractivity contribution is 7.98. The number of aliphatic hydroxyl groups is 1. The van der Waals surface area contributed by atoms with Crippen molar-refractivity contribution < 1.29 is 14.4 Å². The van der Waals surface area contributed by atoms with Gasteiger partial charge in [-0.15, -0.1) is 0 Å². The van der Waals surface area contributed by atoms with Crippen LogP contribution in [0.15, 0.2) is 45.8 Å². The summed E-state index contributed by atoms with van der Waals surface area (Å²) in [6, 6.07) is 10.7. The molecule has 1 aromatic heterocycles. The Kier molecular flexibility index (Phi) is 10.2. The van der Waals surface area contributed by atoms with Crippen LogP contribution in [-0.4, -0.2) is 60.2 Å². The number of nitrogens with one attached hydrogen (secondary N) is 1. The number of benzene rings is 1. The molecule has 0 radical (unpaired) electrons.